The molecule has 7 nitrogen and oxygen atoms in total. The second-order valence-corrected chi connectivity index (χ2v) is 3.80. The Labute approximate surface area is 89.8 Å². The summed E-state index contributed by atoms with van der Waals surface area (Å²) in [7, 11) is -2.83. The maximum absolute atomic E-state index is 10.0. The van der Waals surface area contributed by atoms with Gasteiger partial charge in [-0.25, -0.2) is 8.42 Å². The van der Waals surface area contributed by atoms with Gasteiger partial charge in [-0.2, -0.15) is 0 Å². The van der Waals surface area contributed by atoms with Crippen molar-refractivity contribution in [3.05, 3.63) is 0 Å². The third-order valence-electron chi connectivity index (χ3n) is 1.93. The highest BCUT2D eigenvalue weighted by molar-refractivity contribution is 7.67. The van der Waals surface area contributed by atoms with Crippen LogP contribution in [0.4, 0.5) is 0 Å². The van der Waals surface area contributed by atoms with Crippen LogP contribution in [-0.4, -0.2) is 62.2 Å². The highest BCUT2D eigenvalue weighted by Crippen LogP contribution is 2.01. The summed E-state index contributed by atoms with van der Waals surface area (Å²) in [5.74, 6) is 0. The van der Waals surface area contributed by atoms with Crippen molar-refractivity contribution in [3.8, 4) is 0 Å². The standard InChI is InChI=1S/C7H17NO6S/c9-4-7(5-10,6-11)8-2-1-3-14-15(12)13/h8-11,15H,1-6H2. The second-order valence-electron chi connectivity index (χ2n) is 3.09. The van der Waals surface area contributed by atoms with E-state index in [1.54, 1.807) is 0 Å². The van der Waals surface area contributed by atoms with Gasteiger partial charge in [0.2, 0.25) is 0 Å². The van der Waals surface area contributed by atoms with Crippen LogP contribution in [0, 0.1) is 0 Å². The van der Waals surface area contributed by atoms with Crippen LogP contribution in [0.1, 0.15) is 6.42 Å². The molecule has 4 N–H and O–H groups in total. The zero-order chi connectivity index (χ0) is 11.7. The predicted molar refractivity (Wildman–Crippen MR) is 52.9 cm³/mol. The molecule has 0 aromatic carbocycles. The van der Waals surface area contributed by atoms with Crippen molar-refractivity contribution in [2.45, 2.75) is 12.0 Å². The topological polar surface area (TPSA) is 116 Å². The predicted octanol–water partition coefficient (Wildman–Crippen LogP) is -2.78. The third-order valence-corrected chi connectivity index (χ3v) is 2.32. The summed E-state index contributed by atoms with van der Waals surface area (Å²) in [5.41, 5.74) is -1.13. The number of aliphatic hydroxyl groups is 3. The van der Waals surface area contributed by atoms with Crippen molar-refractivity contribution >= 4 is 11.0 Å². The molecule has 0 saturated carbocycles. The Bertz CT molecular complexity index is 211. The molecule has 92 valence electrons. The molecule has 0 fully saturated rings. The lowest BCUT2D eigenvalue weighted by atomic mass is 10.0. The van der Waals surface area contributed by atoms with Gasteiger partial charge in [0.1, 0.15) is 0 Å². The lowest BCUT2D eigenvalue weighted by molar-refractivity contribution is 0.0420. The highest BCUT2D eigenvalue weighted by atomic mass is 32.2. The number of hydrogen-bond donors (Lipinski definition) is 5. The fraction of sp³-hybridized carbons (Fsp3) is 1.00. The summed E-state index contributed by atoms with van der Waals surface area (Å²) >= 11 is 0. The molecule has 0 aromatic heterocycles. The molecule has 0 aliphatic carbocycles. The van der Waals surface area contributed by atoms with Gasteiger partial charge in [0.05, 0.1) is 32.0 Å². The van der Waals surface area contributed by atoms with Crippen LogP contribution >= 0.6 is 0 Å². The molecule has 0 aliphatic rings. The molecule has 0 unspecified atom stereocenters. The van der Waals surface area contributed by atoms with Crippen LogP contribution in [0.3, 0.4) is 0 Å². The summed E-state index contributed by atoms with van der Waals surface area (Å²) in [6.07, 6.45) is 0.394. The summed E-state index contributed by atoms with van der Waals surface area (Å²) in [6, 6.07) is 0. The molecule has 0 rings (SSSR count). The first-order valence-electron chi connectivity index (χ1n) is 4.45. The molecule has 0 aliphatic heterocycles. The van der Waals surface area contributed by atoms with Crippen molar-refractivity contribution in [1.29, 1.82) is 0 Å². The summed E-state index contributed by atoms with van der Waals surface area (Å²) in [5, 5.41) is 29.5. The van der Waals surface area contributed by atoms with Crippen molar-refractivity contribution in [1.82, 2.24) is 5.32 Å². The van der Waals surface area contributed by atoms with E-state index in [2.05, 4.69) is 9.50 Å². The molecule has 0 bridgehead atoms. The molecule has 0 spiro atoms. The first-order valence-corrected chi connectivity index (χ1v) is 5.54. The van der Waals surface area contributed by atoms with Crippen LogP contribution in [0.25, 0.3) is 0 Å². The molecule has 0 saturated heterocycles. The molecule has 0 heterocycles. The van der Waals surface area contributed by atoms with Gasteiger partial charge in [0, 0.05) is 0 Å². The highest BCUT2D eigenvalue weighted by Gasteiger charge is 2.26. The molecular formula is C7H17NO6S. The van der Waals surface area contributed by atoms with E-state index in [1.807, 2.05) is 0 Å². The average molecular weight is 243 g/mol. The Hall–Kier alpha value is -0.250. The average Bonchev–Trinajstić information content (AvgIpc) is 2.24. The smallest absolute Gasteiger partial charge is 0.257 e. The lowest BCUT2D eigenvalue weighted by Gasteiger charge is -2.28. The third kappa shape index (κ3) is 6.03. The van der Waals surface area contributed by atoms with E-state index < -0.39 is 36.3 Å². The van der Waals surface area contributed by atoms with E-state index in [0.29, 0.717) is 13.0 Å². The summed E-state index contributed by atoms with van der Waals surface area (Å²) < 4.78 is 24.3. The monoisotopic (exact) mass is 243 g/mol. The zero-order valence-corrected chi connectivity index (χ0v) is 9.15. The van der Waals surface area contributed by atoms with Crippen molar-refractivity contribution in [2.75, 3.05) is 33.0 Å². The van der Waals surface area contributed by atoms with Crippen LogP contribution in [-0.2, 0) is 15.2 Å². The normalized spacial score (nSPS) is 12.3. The van der Waals surface area contributed by atoms with Gasteiger partial charge in [-0.05, 0) is 13.0 Å². The van der Waals surface area contributed by atoms with Gasteiger partial charge in [0.15, 0.2) is 0 Å². The molecular weight excluding hydrogens is 226 g/mol. The maximum atomic E-state index is 10.0. The molecule has 0 aromatic rings. The van der Waals surface area contributed by atoms with E-state index in [1.165, 1.54) is 0 Å². The van der Waals surface area contributed by atoms with Crippen molar-refractivity contribution < 1.29 is 27.9 Å². The van der Waals surface area contributed by atoms with E-state index in [4.69, 9.17) is 15.3 Å². The first-order chi connectivity index (χ1) is 7.10. The largest absolute Gasteiger partial charge is 0.394 e. The van der Waals surface area contributed by atoms with E-state index in [0.717, 1.165) is 0 Å². The first kappa shape index (κ1) is 14.8. The summed E-state index contributed by atoms with van der Waals surface area (Å²) in [6.45, 7) is -0.862. The second kappa shape index (κ2) is 7.97. The number of thiol groups is 1. The Kier molecular flexibility index (Phi) is 7.83. The Morgan fingerprint density at radius 3 is 2.07 bits per heavy atom. The van der Waals surface area contributed by atoms with Crippen molar-refractivity contribution in [3.63, 3.8) is 0 Å². The molecule has 15 heavy (non-hydrogen) atoms. The van der Waals surface area contributed by atoms with E-state index in [9.17, 15) is 8.42 Å². The van der Waals surface area contributed by atoms with E-state index in [-0.39, 0.29) is 6.61 Å². The number of hydrogen-bond acceptors (Lipinski definition) is 7. The van der Waals surface area contributed by atoms with Crippen LogP contribution in [0.2, 0.25) is 0 Å². The number of nitrogens with one attached hydrogen (secondary N) is 1. The zero-order valence-electron chi connectivity index (χ0n) is 8.26. The van der Waals surface area contributed by atoms with Gasteiger partial charge in [-0.15, -0.1) is 0 Å². The van der Waals surface area contributed by atoms with Gasteiger partial charge in [-0.3, -0.25) is 4.18 Å². The Balaban J connectivity index is 3.71. The van der Waals surface area contributed by atoms with Gasteiger partial charge < -0.3 is 20.6 Å². The quantitative estimate of drug-likeness (QED) is 0.220. The molecule has 0 amide bonds. The van der Waals surface area contributed by atoms with Crippen LogP contribution < -0.4 is 5.32 Å². The van der Waals surface area contributed by atoms with E-state index >= 15 is 0 Å². The minimum absolute atomic E-state index is 0.0318. The molecule has 0 atom stereocenters. The van der Waals surface area contributed by atoms with Crippen molar-refractivity contribution in [2.24, 2.45) is 0 Å². The van der Waals surface area contributed by atoms with Gasteiger partial charge in [0.25, 0.3) is 11.0 Å². The van der Waals surface area contributed by atoms with Gasteiger partial charge in [-0.1, -0.05) is 0 Å². The van der Waals surface area contributed by atoms with Gasteiger partial charge >= 0.3 is 0 Å². The molecule has 0 radical (unpaired) electrons. The number of aliphatic hydroxyl groups excluding tert-OH is 3. The lowest BCUT2D eigenvalue weighted by Crippen LogP contribution is -2.55. The number of rotatable bonds is 9. The Morgan fingerprint density at radius 2 is 1.67 bits per heavy atom. The SMILES string of the molecule is O=[SH](=O)OCCCNC(CO)(CO)CO. The molecule has 8 heteroatoms. The fourth-order valence-electron chi connectivity index (χ4n) is 0.883. The van der Waals surface area contributed by atoms with Crippen LogP contribution in [0.15, 0.2) is 0 Å². The minimum Gasteiger partial charge on any atom is -0.394 e. The fourth-order valence-corrected chi connectivity index (χ4v) is 1.16. The minimum atomic E-state index is -2.83. The van der Waals surface area contributed by atoms with Crippen LogP contribution in [0.5, 0.6) is 0 Å². The Morgan fingerprint density at radius 1 is 1.13 bits per heavy atom. The summed E-state index contributed by atoms with van der Waals surface area (Å²) in [4.78, 5) is 0. The maximum Gasteiger partial charge on any atom is 0.257 e.